The number of hydrogen-bond donors (Lipinski definition) is 0. The zero-order chi connectivity index (χ0) is 8.65. The molecule has 0 radical (unpaired) electrons. The Hall–Kier alpha value is -0.530. The summed E-state index contributed by atoms with van der Waals surface area (Å²) in [4.78, 5) is 12.8. The van der Waals surface area contributed by atoms with Gasteiger partial charge in [0.25, 0.3) is 0 Å². The number of rotatable bonds is 1. The summed E-state index contributed by atoms with van der Waals surface area (Å²) in [6.45, 7) is 10.2. The number of carbonyl (C=O) groups excluding carboxylic acids is 1. The maximum absolute atomic E-state index is 10.9. The molecular formula is C9H17NO. The van der Waals surface area contributed by atoms with Crippen molar-refractivity contribution in [1.82, 2.24) is 4.90 Å². The van der Waals surface area contributed by atoms with Crippen LogP contribution in [0.5, 0.6) is 0 Å². The molecule has 0 aromatic carbocycles. The van der Waals surface area contributed by atoms with E-state index in [9.17, 15) is 4.79 Å². The molecule has 2 heteroatoms. The van der Waals surface area contributed by atoms with Gasteiger partial charge in [0.2, 0.25) is 5.91 Å². The molecule has 0 spiro atoms. The Morgan fingerprint density at radius 1 is 1.45 bits per heavy atom. The molecule has 0 aliphatic carbocycles. The van der Waals surface area contributed by atoms with Crippen molar-refractivity contribution >= 4 is 5.91 Å². The minimum absolute atomic E-state index is 0.211. The highest BCUT2D eigenvalue weighted by Crippen LogP contribution is 2.36. The highest BCUT2D eigenvalue weighted by Gasteiger charge is 2.41. The average Bonchev–Trinajstić information content (AvgIpc) is 1.79. The van der Waals surface area contributed by atoms with Gasteiger partial charge >= 0.3 is 0 Å². The van der Waals surface area contributed by atoms with Crippen LogP contribution in [0, 0.1) is 11.3 Å². The smallest absolute Gasteiger partial charge is 0.219 e. The SMILES string of the molecule is CC(=O)N1CC(C)(C(C)C)C1. The first-order valence-corrected chi connectivity index (χ1v) is 4.21. The fourth-order valence-electron chi connectivity index (χ4n) is 1.41. The maximum Gasteiger partial charge on any atom is 0.219 e. The van der Waals surface area contributed by atoms with E-state index in [1.54, 1.807) is 6.92 Å². The molecule has 64 valence electrons. The lowest BCUT2D eigenvalue weighted by Gasteiger charge is -2.50. The Labute approximate surface area is 68.6 Å². The van der Waals surface area contributed by atoms with Gasteiger partial charge in [0.1, 0.15) is 0 Å². The summed E-state index contributed by atoms with van der Waals surface area (Å²) in [5.41, 5.74) is 0.381. The van der Waals surface area contributed by atoms with E-state index in [0.29, 0.717) is 11.3 Å². The van der Waals surface area contributed by atoms with Gasteiger partial charge in [-0.25, -0.2) is 0 Å². The highest BCUT2D eigenvalue weighted by atomic mass is 16.2. The van der Waals surface area contributed by atoms with Crippen LogP contribution >= 0.6 is 0 Å². The summed E-state index contributed by atoms with van der Waals surface area (Å²) >= 11 is 0. The quantitative estimate of drug-likeness (QED) is 0.562. The summed E-state index contributed by atoms with van der Waals surface area (Å²) in [6.07, 6.45) is 0. The van der Waals surface area contributed by atoms with Gasteiger partial charge in [0.05, 0.1) is 0 Å². The van der Waals surface area contributed by atoms with Crippen molar-refractivity contribution in [2.75, 3.05) is 13.1 Å². The standard InChI is InChI=1S/C9H17NO/c1-7(2)9(4)5-10(6-9)8(3)11/h7H,5-6H2,1-4H3. The molecule has 0 saturated carbocycles. The van der Waals surface area contributed by atoms with Crippen molar-refractivity contribution in [1.29, 1.82) is 0 Å². The summed E-state index contributed by atoms with van der Waals surface area (Å²) in [5, 5.41) is 0. The zero-order valence-electron chi connectivity index (χ0n) is 7.85. The van der Waals surface area contributed by atoms with Gasteiger partial charge in [0, 0.05) is 25.4 Å². The van der Waals surface area contributed by atoms with Crippen LogP contribution in [0.15, 0.2) is 0 Å². The summed E-state index contributed by atoms with van der Waals surface area (Å²) < 4.78 is 0. The van der Waals surface area contributed by atoms with Crippen LogP contribution in [0.2, 0.25) is 0 Å². The van der Waals surface area contributed by atoms with Gasteiger partial charge < -0.3 is 4.90 Å². The average molecular weight is 155 g/mol. The van der Waals surface area contributed by atoms with E-state index in [-0.39, 0.29) is 5.91 Å². The van der Waals surface area contributed by atoms with Gasteiger partial charge in [0.15, 0.2) is 0 Å². The fraction of sp³-hybridized carbons (Fsp3) is 0.889. The Bertz CT molecular complexity index is 168. The van der Waals surface area contributed by atoms with Crippen LogP contribution < -0.4 is 0 Å². The molecule has 1 fully saturated rings. The summed E-state index contributed by atoms with van der Waals surface area (Å²) in [6, 6.07) is 0. The first kappa shape index (κ1) is 8.57. The van der Waals surface area contributed by atoms with Gasteiger partial charge in [-0.2, -0.15) is 0 Å². The highest BCUT2D eigenvalue weighted by molar-refractivity contribution is 5.74. The predicted octanol–water partition coefficient (Wildman–Crippen LogP) is 1.51. The number of amides is 1. The topological polar surface area (TPSA) is 20.3 Å². The van der Waals surface area contributed by atoms with E-state index < -0.39 is 0 Å². The van der Waals surface area contributed by atoms with Gasteiger partial charge in [-0.3, -0.25) is 4.79 Å². The third-order valence-electron chi connectivity index (χ3n) is 2.94. The van der Waals surface area contributed by atoms with Crippen LogP contribution in [-0.2, 0) is 4.79 Å². The monoisotopic (exact) mass is 155 g/mol. The largest absolute Gasteiger partial charge is 0.342 e. The van der Waals surface area contributed by atoms with E-state index in [4.69, 9.17) is 0 Å². The predicted molar refractivity (Wildman–Crippen MR) is 45.2 cm³/mol. The van der Waals surface area contributed by atoms with Gasteiger partial charge in [-0.1, -0.05) is 20.8 Å². The molecule has 1 heterocycles. The Kier molecular flexibility index (Phi) is 1.95. The van der Waals surface area contributed by atoms with Crippen LogP contribution in [0.1, 0.15) is 27.7 Å². The van der Waals surface area contributed by atoms with Crippen LogP contribution in [-0.4, -0.2) is 23.9 Å². The molecule has 1 rings (SSSR count). The zero-order valence-corrected chi connectivity index (χ0v) is 7.85. The van der Waals surface area contributed by atoms with Crippen molar-refractivity contribution in [2.45, 2.75) is 27.7 Å². The molecule has 0 aromatic heterocycles. The van der Waals surface area contributed by atoms with Crippen molar-refractivity contribution in [3.8, 4) is 0 Å². The molecule has 0 unspecified atom stereocenters. The molecule has 0 bridgehead atoms. The minimum atomic E-state index is 0.211. The van der Waals surface area contributed by atoms with Crippen LogP contribution in [0.3, 0.4) is 0 Å². The molecule has 0 atom stereocenters. The lowest BCUT2D eigenvalue weighted by molar-refractivity contribution is -0.142. The lowest BCUT2D eigenvalue weighted by atomic mass is 9.72. The number of likely N-dealkylation sites (tertiary alicyclic amines) is 1. The molecule has 1 saturated heterocycles. The molecule has 0 N–H and O–H groups in total. The van der Waals surface area contributed by atoms with Gasteiger partial charge in [-0.15, -0.1) is 0 Å². The molecule has 1 amide bonds. The van der Waals surface area contributed by atoms with Crippen molar-refractivity contribution < 1.29 is 4.79 Å². The summed E-state index contributed by atoms with van der Waals surface area (Å²) in [5.74, 6) is 0.890. The van der Waals surface area contributed by atoms with E-state index in [1.807, 2.05) is 4.90 Å². The lowest BCUT2D eigenvalue weighted by Crippen LogP contribution is -2.58. The van der Waals surface area contributed by atoms with Crippen molar-refractivity contribution in [2.24, 2.45) is 11.3 Å². The third kappa shape index (κ3) is 1.39. The first-order valence-electron chi connectivity index (χ1n) is 4.21. The first-order chi connectivity index (χ1) is 4.96. The maximum atomic E-state index is 10.9. The molecule has 1 aliphatic heterocycles. The van der Waals surface area contributed by atoms with E-state index in [1.165, 1.54) is 0 Å². The third-order valence-corrected chi connectivity index (χ3v) is 2.94. The Balaban J connectivity index is 2.44. The van der Waals surface area contributed by atoms with Crippen LogP contribution in [0.25, 0.3) is 0 Å². The second-order valence-electron chi connectivity index (χ2n) is 4.18. The normalized spacial score (nSPS) is 21.7. The Morgan fingerprint density at radius 3 is 2.18 bits per heavy atom. The molecular weight excluding hydrogens is 138 g/mol. The minimum Gasteiger partial charge on any atom is -0.342 e. The van der Waals surface area contributed by atoms with E-state index in [0.717, 1.165) is 13.1 Å². The number of carbonyl (C=O) groups is 1. The van der Waals surface area contributed by atoms with Crippen molar-refractivity contribution in [3.63, 3.8) is 0 Å². The molecule has 1 aliphatic rings. The van der Waals surface area contributed by atoms with Crippen molar-refractivity contribution in [3.05, 3.63) is 0 Å². The Morgan fingerprint density at radius 2 is 1.91 bits per heavy atom. The molecule has 0 aromatic rings. The van der Waals surface area contributed by atoms with E-state index in [2.05, 4.69) is 20.8 Å². The second-order valence-corrected chi connectivity index (χ2v) is 4.18. The molecule has 2 nitrogen and oxygen atoms in total. The number of nitrogens with zero attached hydrogens (tertiary/aromatic N) is 1. The van der Waals surface area contributed by atoms with Crippen LogP contribution in [0.4, 0.5) is 0 Å². The van der Waals surface area contributed by atoms with E-state index >= 15 is 0 Å². The van der Waals surface area contributed by atoms with Gasteiger partial charge in [-0.05, 0) is 5.92 Å². The molecule has 11 heavy (non-hydrogen) atoms. The summed E-state index contributed by atoms with van der Waals surface area (Å²) in [7, 11) is 0. The fourth-order valence-corrected chi connectivity index (χ4v) is 1.41. The second kappa shape index (κ2) is 2.50. The number of hydrogen-bond acceptors (Lipinski definition) is 1.